The van der Waals surface area contributed by atoms with E-state index in [9.17, 15) is 40.3 Å². The standard InChI is InChI=1S/C37H41F7N2O3/c1-7-49-33(48)35(5,6)23-10-8-22(9-11-23)30-18-29(28-13-12-27(38)14-21(28)2)31(19-45-30)46-20-32(47)34(3,4)24-15-25(36(39,40)41)17-26(16-24)37(42,43)44/h12-19,22-23,46H,7-11,20H2,1-6H3/t22-,23-. The average molecular weight is 695 g/mol. The number of ether oxygens (including phenoxy) is 1. The summed E-state index contributed by atoms with van der Waals surface area (Å²) in [6.07, 6.45) is -5.50. The molecule has 1 aliphatic carbocycles. The Morgan fingerprint density at radius 2 is 1.41 bits per heavy atom. The highest BCUT2D eigenvalue weighted by molar-refractivity contribution is 5.93. The molecule has 0 atom stereocenters. The van der Waals surface area contributed by atoms with Crippen molar-refractivity contribution in [1.82, 2.24) is 4.98 Å². The van der Waals surface area contributed by atoms with Crippen LogP contribution < -0.4 is 5.32 Å². The van der Waals surface area contributed by atoms with Gasteiger partial charge in [0.1, 0.15) is 5.82 Å². The van der Waals surface area contributed by atoms with Crippen molar-refractivity contribution in [2.45, 2.75) is 90.9 Å². The number of alkyl halides is 6. The summed E-state index contributed by atoms with van der Waals surface area (Å²) in [4.78, 5) is 30.8. The molecule has 1 heterocycles. The van der Waals surface area contributed by atoms with E-state index in [1.54, 1.807) is 19.9 Å². The van der Waals surface area contributed by atoms with Gasteiger partial charge in [0.25, 0.3) is 0 Å². The van der Waals surface area contributed by atoms with Crippen LogP contribution in [0.3, 0.4) is 0 Å². The summed E-state index contributed by atoms with van der Waals surface area (Å²) in [6, 6.07) is 7.29. The van der Waals surface area contributed by atoms with Crippen molar-refractivity contribution in [3.05, 3.63) is 82.4 Å². The van der Waals surface area contributed by atoms with E-state index in [4.69, 9.17) is 4.74 Å². The number of halogens is 7. The Balaban J connectivity index is 1.62. The third kappa shape index (κ3) is 8.44. The topological polar surface area (TPSA) is 68.3 Å². The highest BCUT2D eigenvalue weighted by Gasteiger charge is 2.41. The van der Waals surface area contributed by atoms with Crippen LogP contribution in [0.5, 0.6) is 0 Å². The summed E-state index contributed by atoms with van der Waals surface area (Å²) < 4.78 is 101. The SMILES string of the molecule is CCOC(=O)C(C)(C)[C@H]1CC[C@H](c2cc(-c3ccc(F)cc3C)c(NCC(=O)C(C)(C)c3cc(C(F)(F)F)cc(C(F)(F)F)c3)cn2)CC1. The zero-order chi connectivity index (χ0) is 36.5. The molecule has 1 aromatic heterocycles. The first-order valence-electron chi connectivity index (χ1n) is 16.2. The first-order valence-corrected chi connectivity index (χ1v) is 16.2. The number of nitrogens with one attached hydrogen (secondary N) is 1. The monoisotopic (exact) mass is 694 g/mol. The molecular formula is C37H41F7N2O3. The van der Waals surface area contributed by atoms with Crippen LogP contribution in [0.1, 0.15) is 94.2 Å². The zero-order valence-corrected chi connectivity index (χ0v) is 28.3. The molecule has 0 amide bonds. The van der Waals surface area contributed by atoms with Gasteiger partial charge in [0.2, 0.25) is 0 Å². The molecule has 0 unspecified atom stereocenters. The van der Waals surface area contributed by atoms with E-state index in [1.165, 1.54) is 32.2 Å². The number of hydrogen-bond donors (Lipinski definition) is 1. The largest absolute Gasteiger partial charge is 0.466 e. The molecule has 266 valence electrons. The number of carbonyl (C=O) groups excluding carboxylic acids is 2. The summed E-state index contributed by atoms with van der Waals surface area (Å²) in [5, 5.41) is 3.00. The normalized spacial score (nSPS) is 17.5. The minimum Gasteiger partial charge on any atom is -0.466 e. The van der Waals surface area contributed by atoms with Crippen LogP contribution in [0.15, 0.2) is 48.7 Å². The molecule has 1 saturated carbocycles. The van der Waals surface area contributed by atoms with E-state index >= 15 is 0 Å². The number of aromatic nitrogens is 1. The molecule has 49 heavy (non-hydrogen) atoms. The second-order valence-corrected chi connectivity index (χ2v) is 13.8. The van der Waals surface area contributed by atoms with Gasteiger partial charge < -0.3 is 10.1 Å². The first-order chi connectivity index (χ1) is 22.7. The van der Waals surface area contributed by atoms with E-state index < -0.39 is 58.0 Å². The Labute approximate surface area is 281 Å². The molecule has 0 aliphatic heterocycles. The molecule has 0 spiro atoms. The Morgan fingerprint density at radius 1 is 0.837 bits per heavy atom. The van der Waals surface area contributed by atoms with Crippen molar-refractivity contribution in [3.63, 3.8) is 0 Å². The molecule has 5 nitrogen and oxygen atoms in total. The average Bonchev–Trinajstić information content (AvgIpc) is 3.02. The lowest BCUT2D eigenvalue weighted by atomic mass is 9.68. The zero-order valence-electron chi connectivity index (χ0n) is 28.3. The van der Waals surface area contributed by atoms with Gasteiger partial charge in [-0.1, -0.05) is 6.07 Å². The van der Waals surface area contributed by atoms with E-state index in [0.29, 0.717) is 41.1 Å². The van der Waals surface area contributed by atoms with Gasteiger partial charge in [-0.25, -0.2) is 4.39 Å². The second-order valence-electron chi connectivity index (χ2n) is 13.8. The number of benzene rings is 2. The van der Waals surface area contributed by atoms with E-state index in [2.05, 4.69) is 10.3 Å². The number of aryl methyl sites for hydroxylation is 1. The van der Waals surface area contributed by atoms with Gasteiger partial charge in [0.05, 0.1) is 47.0 Å². The van der Waals surface area contributed by atoms with Crippen LogP contribution in [0.2, 0.25) is 0 Å². The van der Waals surface area contributed by atoms with Crippen LogP contribution in [-0.4, -0.2) is 29.9 Å². The van der Waals surface area contributed by atoms with Gasteiger partial charge in [-0.2, -0.15) is 26.3 Å². The third-order valence-corrected chi connectivity index (χ3v) is 9.82. The van der Waals surface area contributed by atoms with Crippen molar-refractivity contribution >= 4 is 17.4 Å². The number of hydrogen-bond acceptors (Lipinski definition) is 5. The summed E-state index contributed by atoms with van der Waals surface area (Å²) in [5.74, 6) is -1.14. The van der Waals surface area contributed by atoms with Crippen molar-refractivity contribution < 1.29 is 45.1 Å². The van der Waals surface area contributed by atoms with E-state index in [-0.39, 0.29) is 23.9 Å². The summed E-state index contributed by atoms with van der Waals surface area (Å²) in [5.41, 5.74) is -2.76. The number of rotatable bonds is 10. The van der Waals surface area contributed by atoms with Crippen LogP contribution in [-0.2, 0) is 32.1 Å². The van der Waals surface area contributed by atoms with Gasteiger partial charge in [0.15, 0.2) is 5.78 Å². The Kier molecular flexibility index (Phi) is 10.9. The number of Topliss-reactive ketones (excluding diaryl/α,β-unsaturated/α-hetero) is 1. The van der Waals surface area contributed by atoms with Gasteiger partial charge in [-0.05, 0) is 126 Å². The number of pyridine rings is 1. The number of carbonyl (C=O) groups is 2. The molecule has 4 rings (SSSR count). The minimum atomic E-state index is -5.06. The molecule has 1 aliphatic rings. The maximum absolute atomic E-state index is 14.1. The number of ketones is 1. The lowest BCUT2D eigenvalue weighted by Crippen LogP contribution is -2.36. The van der Waals surface area contributed by atoms with Crippen LogP contribution >= 0.6 is 0 Å². The minimum absolute atomic E-state index is 0.0283. The second kappa shape index (κ2) is 14.1. The molecule has 12 heteroatoms. The molecule has 0 saturated heterocycles. The molecule has 0 bridgehead atoms. The van der Waals surface area contributed by atoms with E-state index in [0.717, 1.165) is 31.4 Å². The summed E-state index contributed by atoms with van der Waals surface area (Å²) in [7, 11) is 0. The number of nitrogens with zero attached hydrogens (tertiary/aromatic N) is 1. The van der Waals surface area contributed by atoms with Gasteiger partial charge in [0, 0.05) is 17.2 Å². The predicted octanol–water partition coefficient (Wildman–Crippen LogP) is 10.1. The lowest BCUT2D eigenvalue weighted by molar-refractivity contribution is -0.157. The first kappa shape index (κ1) is 37.9. The number of anilines is 1. The Hall–Kier alpha value is -3.96. The predicted molar refractivity (Wildman–Crippen MR) is 172 cm³/mol. The Morgan fingerprint density at radius 3 is 1.94 bits per heavy atom. The van der Waals surface area contributed by atoms with Gasteiger partial charge >= 0.3 is 18.3 Å². The molecular weight excluding hydrogens is 653 g/mol. The maximum Gasteiger partial charge on any atom is 0.416 e. The Bertz CT molecular complexity index is 1660. The van der Waals surface area contributed by atoms with Crippen LogP contribution in [0.25, 0.3) is 11.1 Å². The van der Waals surface area contributed by atoms with Crippen molar-refractivity contribution in [3.8, 4) is 11.1 Å². The fourth-order valence-corrected chi connectivity index (χ4v) is 6.46. The van der Waals surface area contributed by atoms with Crippen molar-refractivity contribution in [2.24, 2.45) is 11.3 Å². The smallest absolute Gasteiger partial charge is 0.416 e. The lowest BCUT2D eigenvalue weighted by Gasteiger charge is -2.37. The highest BCUT2D eigenvalue weighted by Crippen LogP contribution is 2.45. The summed E-state index contributed by atoms with van der Waals surface area (Å²) in [6.45, 7) is 9.72. The fraction of sp³-hybridized carbons (Fsp3) is 0.486. The molecule has 0 radical (unpaired) electrons. The van der Waals surface area contributed by atoms with E-state index in [1.807, 2.05) is 19.9 Å². The highest BCUT2D eigenvalue weighted by atomic mass is 19.4. The molecule has 1 fully saturated rings. The van der Waals surface area contributed by atoms with Crippen molar-refractivity contribution in [1.29, 1.82) is 0 Å². The summed E-state index contributed by atoms with van der Waals surface area (Å²) >= 11 is 0. The van der Waals surface area contributed by atoms with Crippen LogP contribution in [0, 0.1) is 24.1 Å². The molecule has 2 aromatic carbocycles. The quantitative estimate of drug-likeness (QED) is 0.169. The molecule has 3 aromatic rings. The third-order valence-electron chi connectivity index (χ3n) is 9.82. The van der Waals surface area contributed by atoms with Gasteiger partial charge in [-0.15, -0.1) is 0 Å². The number of esters is 1. The fourth-order valence-electron chi connectivity index (χ4n) is 6.46. The van der Waals surface area contributed by atoms with Crippen LogP contribution in [0.4, 0.5) is 36.4 Å². The maximum atomic E-state index is 14.1. The van der Waals surface area contributed by atoms with Crippen molar-refractivity contribution in [2.75, 3.05) is 18.5 Å². The molecule has 1 N–H and O–H groups in total. The van der Waals surface area contributed by atoms with Gasteiger partial charge in [-0.3, -0.25) is 14.6 Å².